The number of aromatic nitrogens is 1. The molecule has 0 aliphatic heterocycles. The summed E-state index contributed by atoms with van der Waals surface area (Å²) in [6.45, 7) is 1.71. The zero-order valence-electron chi connectivity index (χ0n) is 17.5. The number of rotatable bonds is 6. The molecule has 31 heavy (non-hydrogen) atoms. The summed E-state index contributed by atoms with van der Waals surface area (Å²) in [6, 6.07) is 15.6. The first-order valence-corrected chi connectivity index (χ1v) is 12.2. The van der Waals surface area contributed by atoms with Crippen LogP contribution in [0.25, 0.3) is 11.5 Å². The molecule has 7 heteroatoms. The highest BCUT2D eigenvalue weighted by atomic mass is 32.2. The molecule has 0 saturated heterocycles. The van der Waals surface area contributed by atoms with Gasteiger partial charge in [-0.3, -0.25) is 4.79 Å². The number of amides is 1. The number of benzene rings is 2. The molecule has 1 aromatic heterocycles. The lowest BCUT2D eigenvalue weighted by Crippen LogP contribution is -2.36. The van der Waals surface area contributed by atoms with E-state index in [-0.39, 0.29) is 22.6 Å². The molecule has 2 aromatic carbocycles. The third-order valence-corrected chi connectivity index (χ3v) is 7.30. The average molecular weight is 439 g/mol. The Balaban J connectivity index is 1.47. The molecule has 6 nitrogen and oxygen atoms in total. The van der Waals surface area contributed by atoms with Crippen molar-refractivity contribution in [2.45, 2.75) is 55.7 Å². The van der Waals surface area contributed by atoms with E-state index in [1.165, 1.54) is 6.42 Å². The van der Waals surface area contributed by atoms with Gasteiger partial charge in [0.1, 0.15) is 11.5 Å². The van der Waals surface area contributed by atoms with Crippen molar-refractivity contribution in [2.75, 3.05) is 0 Å². The lowest BCUT2D eigenvalue weighted by Gasteiger charge is -2.22. The zero-order valence-corrected chi connectivity index (χ0v) is 18.3. The van der Waals surface area contributed by atoms with E-state index < -0.39 is 9.84 Å². The van der Waals surface area contributed by atoms with Gasteiger partial charge >= 0.3 is 0 Å². The molecule has 4 rings (SSSR count). The largest absolute Gasteiger partial charge is 0.441 e. The van der Waals surface area contributed by atoms with Crippen LogP contribution in [0, 0.1) is 6.92 Å². The molecule has 1 N–H and O–H groups in total. The van der Waals surface area contributed by atoms with Crippen molar-refractivity contribution in [3.05, 3.63) is 71.6 Å². The molecule has 0 unspecified atom stereocenters. The summed E-state index contributed by atoms with van der Waals surface area (Å²) < 4.78 is 31.0. The number of nitrogens with zero attached hydrogens (tertiary/aromatic N) is 1. The normalized spacial score (nSPS) is 15.0. The second kappa shape index (κ2) is 9.06. The molecule has 1 aliphatic carbocycles. The van der Waals surface area contributed by atoms with Crippen LogP contribution in [0.3, 0.4) is 0 Å². The number of sulfone groups is 1. The van der Waals surface area contributed by atoms with Gasteiger partial charge in [0.15, 0.2) is 9.84 Å². The van der Waals surface area contributed by atoms with Gasteiger partial charge in [-0.25, -0.2) is 13.4 Å². The third-order valence-electron chi connectivity index (χ3n) is 5.66. The molecule has 3 aromatic rings. The fourth-order valence-corrected chi connectivity index (χ4v) is 5.22. The van der Waals surface area contributed by atoms with E-state index in [9.17, 15) is 13.2 Å². The Bertz CT molecular complexity index is 1150. The first-order valence-electron chi connectivity index (χ1n) is 10.6. The van der Waals surface area contributed by atoms with Gasteiger partial charge in [-0.05, 0) is 56.2 Å². The van der Waals surface area contributed by atoms with Crippen LogP contribution < -0.4 is 5.32 Å². The van der Waals surface area contributed by atoms with E-state index in [4.69, 9.17) is 4.42 Å². The summed E-state index contributed by atoms with van der Waals surface area (Å²) in [7, 11) is -3.51. The van der Waals surface area contributed by atoms with Crippen LogP contribution in [-0.2, 0) is 15.6 Å². The molecule has 162 valence electrons. The van der Waals surface area contributed by atoms with Gasteiger partial charge in [-0.2, -0.15) is 0 Å². The quantitative estimate of drug-likeness (QED) is 0.603. The Morgan fingerprint density at radius 1 is 1.03 bits per heavy atom. The van der Waals surface area contributed by atoms with Crippen LogP contribution in [0.1, 0.15) is 53.9 Å². The second-order valence-electron chi connectivity index (χ2n) is 7.98. The number of nitrogens with one attached hydrogen (secondary N) is 1. The Morgan fingerprint density at radius 2 is 1.71 bits per heavy atom. The molecular formula is C24H26N2O4S. The number of carbonyl (C=O) groups excluding carboxylic acids is 1. The van der Waals surface area contributed by atoms with Crippen LogP contribution >= 0.6 is 0 Å². The van der Waals surface area contributed by atoms with Gasteiger partial charge in [0.25, 0.3) is 5.91 Å². The predicted octanol–water partition coefficient (Wildman–Crippen LogP) is 4.69. The zero-order chi connectivity index (χ0) is 21.8. The van der Waals surface area contributed by atoms with Gasteiger partial charge in [0, 0.05) is 17.2 Å². The lowest BCUT2D eigenvalue weighted by molar-refractivity contribution is 0.0927. The van der Waals surface area contributed by atoms with E-state index >= 15 is 0 Å². The van der Waals surface area contributed by atoms with Gasteiger partial charge in [-0.1, -0.05) is 37.5 Å². The van der Waals surface area contributed by atoms with Crippen molar-refractivity contribution in [3.8, 4) is 11.5 Å². The lowest BCUT2D eigenvalue weighted by atomic mass is 9.95. The Morgan fingerprint density at radius 3 is 2.39 bits per heavy atom. The standard InChI is InChI=1S/C24H26N2O4S/c1-17-22(16-31(28,29)21-10-6-3-7-11-21)26-24(30-17)19-14-12-18(13-15-19)23(27)25-20-8-4-2-5-9-20/h3,6-7,10-15,20H,2,4-5,8-9,16H2,1H3,(H,25,27). The number of oxazole rings is 1. The predicted molar refractivity (Wildman–Crippen MR) is 118 cm³/mol. The molecule has 0 bridgehead atoms. The maximum absolute atomic E-state index is 12.7. The Kier molecular flexibility index (Phi) is 6.23. The number of aryl methyl sites for hydroxylation is 1. The maximum Gasteiger partial charge on any atom is 0.251 e. The van der Waals surface area contributed by atoms with Crippen molar-refractivity contribution in [1.29, 1.82) is 0 Å². The topological polar surface area (TPSA) is 89.3 Å². The third kappa shape index (κ3) is 5.05. The van der Waals surface area contributed by atoms with Crippen LogP contribution in [0.4, 0.5) is 0 Å². The first kappa shape index (κ1) is 21.3. The summed E-state index contributed by atoms with van der Waals surface area (Å²) in [4.78, 5) is 17.2. The minimum atomic E-state index is -3.51. The van der Waals surface area contributed by atoms with Crippen molar-refractivity contribution >= 4 is 15.7 Å². The fraction of sp³-hybridized carbons (Fsp3) is 0.333. The molecule has 0 radical (unpaired) electrons. The fourth-order valence-electron chi connectivity index (χ4n) is 3.86. The second-order valence-corrected chi connectivity index (χ2v) is 9.97. The summed E-state index contributed by atoms with van der Waals surface area (Å²) in [6.07, 6.45) is 5.64. The molecule has 1 heterocycles. The van der Waals surface area contributed by atoms with Crippen LogP contribution in [0.15, 0.2) is 63.9 Å². The minimum absolute atomic E-state index is 0.0725. The number of hydrogen-bond donors (Lipinski definition) is 1. The summed E-state index contributed by atoms with van der Waals surface area (Å²) in [5.41, 5.74) is 1.67. The van der Waals surface area contributed by atoms with E-state index in [1.807, 2.05) is 0 Å². The highest BCUT2D eigenvalue weighted by Crippen LogP contribution is 2.25. The first-order chi connectivity index (χ1) is 14.9. The van der Waals surface area contributed by atoms with Crippen LogP contribution in [-0.4, -0.2) is 25.4 Å². The maximum atomic E-state index is 12.7. The van der Waals surface area contributed by atoms with E-state index in [0.717, 1.165) is 25.7 Å². The average Bonchev–Trinajstić information content (AvgIpc) is 3.14. The molecule has 1 fully saturated rings. The van der Waals surface area contributed by atoms with Gasteiger partial charge < -0.3 is 9.73 Å². The minimum Gasteiger partial charge on any atom is -0.441 e. The van der Waals surface area contributed by atoms with Crippen molar-refractivity contribution in [3.63, 3.8) is 0 Å². The van der Waals surface area contributed by atoms with Crippen molar-refractivity contribution < 1.29 is 17.6 Å². The van der Waals surface area contributed by atoms with Gasteiger partial charge in [0.2, 0.25) is 5.89 Å². The molecule has 0 spiro atoms. The van der Waals surface area contributed by atoms with Gasteiger partial charge in [-0.15, -0.1) is 0 Å². The molecule has 1 aliphatic rings. The smallest absolute Gasteiger partial charge is 0.251 e. The molecule has 1 amide bonds. The highest BCUT2D eigenvalue weighted by Gasteiger charge is 2.21. The molecule has 0 atom stereocenters. The molecule has 1 saturated carbocycles. The van der Waals surface area contributed by atoms with Crippen LogP contribution in [0.5, 0.6) is 0 Å². The van der Waals surface area contributed by atoms with Crippen molar-refractivity contribution in [1.82, 2.24) is 10.3 Å². The van der Waals surface area contributed by atoms with E-state index in [2.05, 4.69) is 10.3 Å². The van der Waals surface area contributed by atoms with Crippen LogP contribution in [0.2, 0.25) is 0 Å². The number of carbonyl (C=O) groups is 1. The monoisotopic (exact) mass is 438 g/mol. The number of hydrogen-bond acceptors (Lipinski definition) is 5. The van der Waals surface area contributed by atoms with E-state index in [1.54, 1.807) is 61.5 Å². The SMILES string of the molecule is Cc1oc(-c2ccc(C(=O)NC3CCCCC3)cc2)nc1CS(=O)(=O)c1ccccc1. The van der Waals surface area contributed by atoms with Crippen molar-refractivity contribution in [2.24, 2.45) is 0 Å². The Hall–Kier alpha value is -2.93. The van der Waals surface area contributed by atoms with Gasteiger partial charge in [0.05, 0.1) is 10.6 Å². The molecular weight excluding hydrogens is 412 g/mol. The highest BCUT2D eigenvalue weighted by molar-refractivity contribution is 7.90. The summed E-state index contributed by atoms with van der Waals surface area (Å²) in [5.74, 6) is 0.508. The Labute approximate surface area is 182 Å². The summed E-state index contributed by atoms with van der Waals surface area (Å²) >= 11 is 0. The van der Waals surface area contributed by atoms with E-state index in [0.29, 0.717) is 28.5 Å². The summed E-state index contributed by atoms with van der Waals surface area (Å²) in [5, 5.41) is 3.10.